The molecule has 0 aliphatic carbocycles. The summed E-state index contributed by atoms with van der Waals surface area (Å²) in [6, 6.07) is 11.3. The van der Waals surface area contributed by atoms with Crippen LogP contribution >= 0.6 is 0 Å². The predicted octanol–water partition coefficient (Wildman–Crippen LogP) is 3.25. The second-order valence-electron chi connectivity index (χ2n) is 8.16. The van der Waals surface area contributed by atoms with Crippen molar-refractivity contribution in [3.8, 4) is 11.4 Å². The van der Waals surface area contributed by atoms with Gasteiger partial charge in [0.1, 0.15) is 11.6 Å². The van der Waals surface area contributed by atoms with E-state index in [1.165, 1.54) is 48.0 Å². The Morgan fingerprint density at radius 3 is 2.24 bits per heavy atom. The molecule has 4 rings (SSSR count). The highest BCUT2D eigenvalue weighted by molar-refractivity contribution is 5.77. The second-order valence-corrected chi connectivity index (χ2v) is 8.16. The number of aliphatic hydroxyl groups is 1. The van der Waals surface area contributed by atoms with Crippen molar-refractivity contribution >= 4 is 11.2 Å². The average molecular weight is 472 g/mol. The first-order chi connectivity index (χ1) is 16.1. The first-order valence-electron chi connectivity index (χ1n) is 10.7. The van der Waals surface area contributed by atoms with Gasteiger partial charge in [0.15, 0.2) is 11.2 Å². The molecular weight excluding hydrogens is 449 g/mol. The lowest BCUT2D eigenvalue weighted by Crippen LogP contribution is -2.39. The maximum Gasteiger partial charge on any atom is 0.332 e. The lowest BCUT2D eigenvalue weighted by Gasteiger charge is -2.13. The Hall–Kier alpha value is -3.66. The SMILES string of the molecule is Cn1c(=O)n(CCCO)c(=O)c2c1nc(-c1ccc(C(C)(F)F)cc1)n2Cc1ccc(F)cc1. The number of halogens is 3. The molecule has 0 saturated carbocycles. The standard InChI is InChI=1S/C24H23F3N4O3/c1-24(26,27)17-8-6-16(7-9-17)20-28-21-19(31(20)14-15-4-10-18(25)11-5-15)22(33)30(12-3-13-32)23(34)29(21)2/h4-11,32H,3,12-14H2,1-2H3. The molecule has 0 amide bonds. The smallest absolute Gasteiger partial charge is 0.332 e. The lowest BCUT2D eigenvalue weighted by atomic mass is 10.1. The minimum Gasteiger partial charge on any atom is -0.396 e. The molecule has 0 spiro atoms. The zero-order chi connectivity index (χ0) is 24.6. The van der Waals surface area contributed by atoms with Crippen molar-refractivity contribution in [1.82, 2.24) is 18.7 Å². The summed E-state index contributed by atoms with van der Waals surface area (Å²) in [5, 5.41) is 9.17. The Morgan fingerprint density at radius 2 is 1.65 bits per heavy atom. The van der Waals surface area contributed by atoms with Crippen LogP contribution in [0.3, 0.4) is 0 Å². The molecule has 4 aromatic rings. The van der Waals surface area contributed by atoms with Crippen LogP contribution in [0.15, 0.2) is 58.1 Å². The van der Waals surface area contributed by atoms with Crippen LogP contribution in [0, 0.1) is 5.82 Å². The van der Waals surface area contributed by atoms with Crippen molar-refractivity contribution in [2.75, 3.05) is 6.61 Å². The number of alkyl halides is 2. The van der Waals surface area contributed by atoms with Crippen molar-refractivity contribution in [2.45, 2.75) is 32.4 Å². The fourth-order valence-electron chi connectivity index (χ4n) is 3.86. The van der Waals surface area contributed by atoms with E-state index in [0.29, 0.717) is 17.0 Å². The normalized spacial score (nSPS) is 11.9. The van der Waals surface area contributed by atoms with E-state index in [0.717, 1.165) is 11.5 Å². The van der Waals surface area contributed by atoms with Crippen LogP contribution in [0.4, 0.5) is 13.2 Å². The van der Waals surface area contributed by atoms with Gasteiger partial charge in [0.2, 0.25) is 0 Å². The van der Waals surface area contributed by atoms with Gasteiger partial charge in [0, 0.05) is 44.8 Å². The third kappa shape index (κ3) is 4.28. The maximum atomic E-state index is 13.7. The first-order valence-corrected chi connectivity index (χ1v) is 10.7. The number of fused-ring (bicyclic) bond motifs is 1. The number of hydrogen-bond acceptors (Lipinski definition) is 4. The van der Waals surface area contributed by atoms with Crippen molar-refractivity contribution in [3.05, 3.63) is 86.3 Å². The Bertz CT molecular complexity index is 1450. The van der Waals surface area contributed by atoms with Crippen LogP contribution < -0.4 is 11.2 Å². The van der Waals surface area contributed by atoms with E-state index in [2.05, 4.69) is 4.98 Å². The fourth-order valence-corrected chi connectivity index (χ4v) is 3.86. The predicted molar refractivity (Wildman–Crippen MR) is 121 cm³/mol. The Kier molecular flexibility index (Phi) is 6.18. The summed E-state index contributed by atoms with van der Waals surface area (Å²) < 4.78 is 44.7. The van der Waals surface area contributed by atoms with Gasteiger partial charge in [0.05, 0.1) is 0 Å². The van der Waals surface area contributed by atoms with Crippen LogP contribution in [0.1, 0.15) is 24.5 Å². The highest BCUT2D eigenvalue weighted by Gasteiger charge is 2.25. The summed E-state index contributed by atoms with van der Waals surface area (Å²) in [7, 11) is 1.49. The van der Waals surface area contributed by atoms with E-state index in [4.69, 9.17) is 0 Å². The Balaban J connectivity index is 1.98. The van der Waals surface area contributed by atoms with Gasteiger partial charge in [-0.3, -0.25) is 13.9 Å². The van der Waals surface area contributed by atoms with Gasteiger partial charge in [-0.25, -0.2) is 22.9 Å². The summed E-state index contributed by atoms with van der Waals surface area (Å²) in [5.41, 5.74) is 0.0978. The Morgan fingerprint density at radius 1 is 1.00 bits per heavy atom. The molecular formula is C24H23F3N4O3. The monoisotopic (exact) mass is 472 g/mol. The topological polar surface area (TPSA) is 82.0 Å². The molecule has 10 heteroatoms. The van der Waals surface area contributed by atoms with E-state index in [1.54, 1.807) is 16.7 Å². The van der Waals surface area contributed by atoms with E-state index < -0.39 is 23.0 Å². The molecule has 0 atom stereocenters. The molecule has 1 N–H and O–H groups in total. The second kappa shape index (κ2) is 8.94. The summed E-state index contributed by atoms with van der Waals surface area (Å²) >= 11 is 0. The summed E-state index contributed by atoms with van der Waals surface area (Å²) in [4.78, 5) is 30.7. The molecule has 0 aliphatic rings. The van der Waals surface area contributed by atoms with Gasteiger partial charge in [-0.1, -0.05) is 36.4 Å². The number of aliphatic hydroxyl groups excluding tert-OH is 1. The highest BCUT2D eigenvalue weighted by atomic mass is 19.3. The molecule has 0 saturated heterocycles. The van der Waals surface area contributed by atoms with Crippen LogP contribution in [0.5, 0.6) is 0 Å². The van der Waals surface area contributed by atoms with Gasteiger partial charge < -0.3 is 9.67 Å². The van der Waals surface area contributed by atoms with E-state index >= 15 is 0 Å². The molecule has 0 radical (unpaired) electrons. The Labute approximate surface area is 192 Å². The number of nitrogens with zero attached hydrogens (tertiary/aromatic N) is 4. The molecule has 0 fully saturated rings. The van der Waals surface area contributed by atoms with Crippen LogP contribution in [-0.4, -0.2) is 30.4 Å². The number of benzene rings is 2. The number of imidazole rings is 1. The molecule has 7 nitrogen and oxygen atoms in total. The van der Waals surface area contributed by atoms with Crippen molar-refractivity contribution in [2.24, 2.45) is 7.05 Å². The van der Waals surface area contributed by atoms with E-state index in [-0.39, 0.29) is 42.8 Å². The molecule has 0 bridgehead atoms. The molecule has 0 unspecified atom stereocenters. The molecule has 2 aromatic heterocycles. The van der Waals surface area contributed by atoms with Crippen LogP contribution in [0.2, 0.25) is 0 Å². The number of aromatic nitrogens is 4. The fraction of sp³-hybridized carbons (Fsp3) is 0.292. The quantitative estimate of drug-likeness (QED) is 0.448. The van der Waals surface area contributed by atoms with Gasteiger partial charge in [0.25, 0.3) is 11.5 Å². The minimum absolute atomic E-state index is 0.0231. The lowest BCUT2D eigenvalue weighted by molar-refractivity contribution is 0.0175. The van der Waals surface area contributed by atoms with Crippen molar-refractivity contribution in [3.63, 3.8) is 0 Å². The van der Waals surface area contributed by atoms with Gasteiger partial charge >= 0.3 is 5.69 Å². The van der Waals surface area contributed by atoms with Crippen LogP contribution in [0.25, 0.3) is 22.6 Å². The minimum atomic E-state index is -3.02. The first kappa shape index (κ1) is 23.5. The number of aryl methyl sites for hydroxylation is 1. The van der Waals surface area contributed by atoms with E-state index in [9.17, 15) is 27.9 Å². The summed E-state index contributed by atoms with van der Waals surface area (Å²) in [6.07, 6.45) is 0.215. The molecule has 2 heterocycles. The van der Waals surface area contributed by atoms with Gasteiger partial charge in [-0.15, -0.1) is 0 Å². The third-order valence-electron chi connectivity index (χ3n) is 5.68. The average Bonchev–Trinajstić information content (AvgIpc) is 3.18. The van der Waals surface area contributed by atoms with Crippen molar-refractivity contribution < 1.29 is 18.3 Å². The molecule has 178 valence electrons. The maximum absolute atomic E-state index is 13.7. The zero-order valence-corrected chi connectivity index (χ0v) is 18.6. The van der Waals surface area contributed by atoms with Gasteiger partial charge in [-0.05, 0) is 24.1 Å². The highest BCUT2D eigenvalue weighted by Crippen LogP contribution is 2.30. The molecule has 34 heavy (non-hydrogen) atoms. The zero-order valence-electron chi connectivity index (χ0n) is 18.6. The third-order valence-corrected chi connectivity index (χ3v) is 5.68. The largest absolute Gasteiger partial charge is 0.396 e. The number of rotatable bonds is 7. The molecule has 2 aromatic carbocycles. The van der Waals surface area contributed by atoms with E-state index in [1.807, 2.05) is 0 Å². The summed E-state index contributed by atoms with van der Waals surface area (Å²) in [6.45, 7) is 0.763. The van der Waals surface area contributed by atoms with Gasteiger partial charge in [-0.2, -0.15) is 0 Å². The number of hydrogen-bond donors (Lipinski definition) is 1. The summed E-state index contributed by atoms with van der Waals surface area (Å²) in [5.74, 6) is -3.13. The van der Waals surface area contributed by atoms with Crippen LogP contribution in [-0.2, 0) is 26.1 Å². The molecule has 0 aliphatic heterocycles. The van der Waals surface area contributed by atoms with Crippen molar-refractivity contribution in [1.29, 1.82) is 0 Å².